The number of fused-ring (bicyclic) bond motifs is 3. The van der Waals surface area contributed by atoms with E-state index in [1.54, 1.807) is 32.9 Å². The standard InChI is InChI=1S/C34H36GeN2O/c1-21-15-23(18-34(3,4)5)9-11-25(21)28-17-30(37-20-22(28)2)26-13-14-29(35(6,7)8)32-27-12-10-24(19-36)16-31(27)38-33(26)32/h9-17,20H,18H2,1-8H3/i1D3,2D3,11D,18D2. The monoisotopic (exact) mass is 571 g/mol. The second kappa shape index (κ2) is 9.43. The molecule has 0 unspecified atom stereocenters. The van der Waals surface area contributed by atoms with Crippen LogP contribution in [0.25, 0.3) is 44.3 Å². The van der Waals surface area contributed by atoms with Gasteiger partial charge in [-0.3, -0.25) is 0 Å². The number of furan rings is 1. The summed E-state index contributed by atoms with van der Waals surface area (Å²) in [6.07, 6.45) is -0.796. The van der Waals surface area contributed by atoms with Crippen molar-refractivity contribution >= 4 is 39.6 Å². The van der Waals surface area contributed by atoms with Gasteiger partial charge in [0.1, 0.15) is 0 Å². The van der Waals surface area contributed by atoms with Crippen LogP contribution in [-0.4, -0.2) is 18.3 Å². The molecule has 0 atom stereocenters. The Morgan fingerprint density at radius 3 is 2.47 bits per heavy atom. The topological polar surface area (TPSA) is 49.8 Å². The third-order valence-electron chi connectivity index (χ3n) is 6.47. The van der Waals surface area contributed by atoms with Crippen LogP contribution < -0.4 is 4.40 Å². The molecular formula is C34H36GeN2O. The molecule has 2 aromatic heterocycles. The number of nitriles is 1. The molecule has 0 spiro atoms. The van der Waals surface area contributed by atoms with Crippen LogP contribution in [0.5, 0.6) is 0 Å². The van der Waals surface area contributed by atoms with Gasteiger partial charge in [-0.1, -0.05) is 20.8 Å². The second-order valence-corrected chi connectivity index (χ2v) is 22.3. The average molecular weight is 570 g/mol. The molecule has 3 nitrogen and oxygen atoms in total. The molecular weight excluding hydrogens is 525 g/mol. The minimum absolute atomic E-state index is 0.00239. The molecule has 0 aliphatic rings. The van der Waals surface area contributed by atoms with Crippen molar-refractivity contribution in [2.24, 2.45) is 5.41 Å². The number of hydrogen-bond acceptors (Lipinski definition) is 3. The molecule has 3 aromatic carbocycles. The number of nitrogens with zero attached hydrogens (tertiary/aromatic N) is 2. The maximum absolute atomic E-state index is 9.51. The summed E-state index contributed by atoms with van der Waals surface area (Å²) in [4.78, 5) is 4.54. The number of pyridine rings is 1. The van der Waals surface area contributed by atoms with E-state index in [0.29, 0.717) is 28.0 Å². The number of benzene rings is 3. The molecule has 0 fully saturated rings. The zero-order chi connectivity index (χ0) is 35.1. The fourth-order valence-corrected chi connectivity index (χ4v) is 8.13. The first-order valence-corrected chi connectivity index (χ1v) is 19.9. The third kappa shape index (κ3) is 4.90. The van der Waals surface area contributed by atoms with E-state index >= 15 is 0 Å². The van der Waals surface area contributed by atoms with E-state index in [4.69, 9.17) is 16.8 Å². The normalized spacial score (nSPS) is 16.8. The first kappa shape index (κ1) is 17.3. The predicted octanol–water partition coefficient (Wildman–Crippen LogP) is 8.94. The van der Waals surface area contributed by atoms with E-state index in [-0.39, 0.29) is 33.9 Å². The van der Waals surface area contributed by atoms with E-state index < -0.39 is 38.8 Å². The molecule has 0 bridgehead atoms. The molecule has 0 saturated heterocycles. The van der Waals surface area contributed by atoms with Gasteiger partial charge < -0.3 is 0 Å². The summed E-state index contributed by atoms with van der Waals surface area (Å²) in [5.41, 5.74) is 0.799. The Bertz CT molecular complexity index is 2090. The second-order valence-electron chi connectivity index (χ2n) is 11.7. The zero-order valence-corrected chi connectivity index (χ0v) is 24.6. The summed E-state index contributed by atoms with van der Waals surface area (Å²) in [5.74, 6) is 6.78. The van der Waals surface area contributed by atoms with Crippen LogP contribution in [0.4, 0.5) is 0 Å². The van der Waals surface area contributed by atoms with Gasteiger partial charge in [-0.15, -0.1) is 0 Å². The Morgan fingerprint density at radius 1 is 1.00 bits per heavy atom. The van der Waals surface area contributed by atoms with Crippen LogP contribution in [0.15, 0.2) is 65.2 Å². The van der Waals surface area contributed by atoms with Crippen molar-refractivity contribution in [1.82, 2.24) is 4.98 Å². The van der Waals surface area contributed by atoms with Gasteiger partial charge in [0.2, 0.25) is 0 Å². The van der Waals surface area contributed by atoms with Gasteiger partial charge in [0, 0.05) is 2.74 Å². The summed E-state index contributed by atoms with van der Waals surface area (Å²) >= 11 is -2.50. The number of hydrogen-bond donors (Lipinski definition) is 0. The molecule has 5 rings (SSSR count). The Labute approximate surface area is 241 Å². The van der Waals surface area contributed by atoms with E-state index in [9.17, 15) is 5.26 Å². The fourth-order valence-electron chi connectivity index (χ4n) is 4.81. The van der Waals surface area contributed by atoms with Crippen molar-refractivity contribution in [2.45, 2.75) is 58.1 Å². The van der Waals surface area contributed by atoms with Gasteiger partial charge in [0.15, 0.2) is 0 Å². The average Bonchev–Trinajstić information content (AvgIpc) is 3.32. The number of aryl methyl sites for hydroxylation is 2. The quantitative estimate of drug-likeness (QED) is 0.203. The van der Waals surface area contributed by atoms with Gasteiger partial charge in [-0.05, 0) is 5.41 Å². The van der Waals surface area contributed by atoms with Crippen molar-refractivity contribution in [3.05, 3.63) is 83.0 Å². The molecule has 5 aromatic rings. The van der Waals surface area contributed by atoms with Crippen LogP contribution in [0, 0.1) is 30.4 Å². The molecule has 0 aliphatic carbocycles. The van der Waals surface area contributed by atoms with Crippen LogP contribution in [0.1, 0.15) is 55.4 Å². The SMILES string of the molecule is [2H]c1cc(C([2H])([2H])C(C)(C)C)cc(C([2H])([2H])[2H])c1-c1cc(-c2cc[c]([Ge]([CH3])([CH3])[CH3])c3c2oc2cc(C#N)ccc23)ncc1C([2H])([2H])[2H]. The fraction of sp³-hybridized carbons (Fsp3) is 0.294. The van der Waals surface area contributed by atoms with Crippen LogP contribution in [0.3, 0.4) is 0 Å². The molecule has 0 saturated carbocycles. The van der Waals surface area contributed by atoms with Gasteiger partial charge in [0.25, 0.3) is 0 Å². The van der Waals surface area contributed by atoms with Gasteiger partial charge in [-0.2, -0.15) is 0 Å². The van der Waals surface area contributed by atoms with Crippen LogP contribution in [0.2, 0.25) is 17.3 Å². The van der Waals surface area contributed by atoms with Gasteiger partial charge in [-0.25, -0.2) is 0 Å². The summed E-state index contributed by atoms with van der Waals surface area (Å²) in [6, 6.07) is 15.0. The molecule has 4 heteroatoms. The van der Waals surface area contributed by atoms with Crippen LogP contribution in [-0.2, 0) is 6.37 Å². The Kier molecular flexibility index (Phi) is 4.29. The molecule has 2 heterocycles. The molecule has 192 valence electrons. The van der Waals surface area contributed by atoms with Crippen molar-refractivity contribution in [2.75, 3.05) is 0 Å². The maximum atomic E-state index is 9.51. The summed E-state index contributed by atoms with van der Waals surface area (Å²) < 4.78 is 84.1. The zero-order valence-electron chi connectivity index (χ0n) is 31.5. The Morgan fingerprint density at radius 2 is 1.79 bits per heavy atom. The molecule has 38 heavy (non-hydrogen) atoms. The van der Waals surface area contributed by atoms with Crippen molar-refractivity contribution in [1.29, 1.82) is 5.26 Å². The Balaban J connectivity index is 1.87. The van der Waals surface area contributed by atoms with E-state index in [2.05, 4.69) is 28.3 Å². The van der Waals surface area contributed by atoms with E-state index in [1.165, 1.54) is 28.8 Å². The van der Waals surface area contributed by atoms with Gasteiger partial charge >= 0.3 is 213 Å². The summed E-state index contributed by atoms with van der Waals surface area (Å²) in [7, 11) is 0. The Hall–Kier alpha value is -3.36. The van der Waals surface area contributed by atoms with E-state index in [1.807, 2.05) is 18.2 Å². The van der Waals surface area contributed by atoms with Crippen molar-refractivity contribution < 1.29 is 16.8 Å². The first-order chi connectivity index (χ1) is 21.5. The van der Waals surface area contributed by atoms with E-state index in [0.717, 1.165) is 10.8 Å². The van der Waals surface area contributed by atoms with Gasteiger partial charge in [0.05, 0.1) is 0 Å². The minimum atomic E-state index is -2.80. The number of aromatic nitrogens is 1. The molecule has 0 N–H and O–H groups in total. The van der Waals surface area contributed by atoms with Crippen molar-refractivity contribution in [3.8, 4) is 28.5 Å². The predicted molar refractivity (Wildman–Crippen MR) is 163 cm³/mol. The molecule has 0 amide bonds. The molecule has 0 aliphatic heterocycles. The summed E-state index contributed by atoms with van der Waals surface area (Å²) in [5, 5.41) is 11.3. The number of rotatable bonds is 4. The van der Waals surface area contributed by atoms with Crippen LogP contribution >= 0.6 is 0 Å². The van der Waals surface area contributed by atoms with Crippen molar-refractivity contribution in [3.63, 3.8) is 0 Å². The first-order valence-electron chi connectivity index (χ1n) is 17.0. The third-order valence-corrected chi connectivity index (χ3v) is 10.7. The summed E-state index contributed by atoms with van der Waals surface area (Å²) in [6.45, 7) is -0.430. The molecule has 0 radical (unpaired) electrons.